The highest BCUT2D eigenvalue weighted by atomic mass is 32.1. The van der Waals surface area contributed by atoms with Gasteiger partial charge in [-0.05, 0) is 60.2 Å². The molecule has 0 aliphatic heterocycles. The van der Waals surface area contributed by atoms with Crippen LogP contribution in [-0.2, 0) is 6.54 Å². The van der Waals surface area contributed by atoms with Crippen LogP contribution in [0.3, 0.4) is 0 Å². The predicted molar refractivity (Wildman–Crippen MR) is 115 cm³/mol. The monoisotopic (exact) mass is 406 g/mol. The summed E-state index contributed by atoms with van der Waals surface area (Å²) in [4.78, 5) is 28.1. The smallest absolute Gasteiger partial charge is 0.265 e. The fourth-order valence-corrected chi connectivity index (χ4v) is 3.80. The molecule has 0 unspecified atom stereocenters. The minimum absolute atomic E-state index is 0.0180. The van der Waals surface area contributed by atoms with Crippen molar-refractivity contribution in [3.05, 3.63) is 82.0 Å². The lowest BCUT2D eigenvalue weighted by Gasteiger charge is -2.23. The van der Waals surface area contributed by atoms with Gasteiger partial charge in [-0.2, -0.15) is 0 Å². The van der Waals surface area contributed by atoms with Gasteiger partial charge in [0.05, 0.1) is 12.0 Å². The summed E-state index contributed by atoms with van der Waals surface area (Å²) in [7, 11) is 1.64. The highest BCUT2D eigenvalue weighted by Crippen LogP contribution is 2.30. The van der Waals surface area contributed by atoms with Crippen LogP contribution in [0.2, 0.25) is 0 Å². The number of anilines is 1. The highest BCUT2D eigenvalue weighted by molar-refractivity contribution is 7.12. The van der Waals surface area contributed by atoms with Crippen molar-refractivity contribution in [3.63, 3.8) is 0 Å². The molecule has 0 atom stereocenters. The van der Waals surface area contributed by atoms with Crippen molar-refractivity contribution in [3.8, 4) is 5.75 Å². The number of nitrogens with one attached hydrogen (secondary N) is 1. The molecule has 2 aromatic carbocycles. The number of thiophene rings is 1. The number of carbonyl (C=O) groups is 2. The second kappa shape index (κ2) is 8.49. The molecule has 6 heteroatoms. The zero-order valence-electron chi connectivity index (χ0n) is 16.1. The van der Waals surface area contributed by atoms with Gasteiger partial charge in [0, 0.05) is 23.8 Å². The Morgan fingerprint density at radius 3 is 2.55 bits per heavy atom. The van der Waals surface area contributed by atoms with Crippen LogP contribution in [0.5, 0.6) is 5.75 Å². The fraction of sp³-hybridized carbons (Fsp3) is 0.217. The normalized spacial score (nSPS) is 13.0. The van der Waals surface area contributed by atoms with Crippen molar-refractivity contribution in [1.82, 2.24) is 4.90 Å². The first-order valence-electron chi connectivity index (χ1n) is 9.53. The Kier molecular flexibility index (Phi) is 5.62. The second-order valence-electron chi connectivity index (χ2n) is 7.02. The standard InChI is InChI=1S/C23H22N2O3S/c1-28-20-11-7-16(8-12-20)15-25(19-9-10-19)23(27)17-4-2-5-18(14-17)24-22(26)21-6-3-13-29-21/h2-8,11-14,19H,9-10,15H2,1H3,(H,24,26). The summed E-state index contributed by atoms with van der Waals surface area (Å²) in [6.07, 6.45) is 2.05. The molecule has 29 heavy (non-hydrogen) atoms. The Labute approximate surface area is 173 Å². The van der Waals surface area contributed by atoms with Crippen molar-refractivity contribution in [2.45, 2.75) is 25.4 Å². The van der Waals surface area contributed by atoms with E-state index in [1.807, 2.05) is 40.6 Å². The number of methoxy groups -OCH3 is 1. The van der Waals surface area contributed by atoms with Crippen LogP contribution in [0.1, 0.15) is 38.4 Å². The summed E-state index contributed by atoms with van der Waals surface area (Å²) in [6, 6.07) is 18.8. The van der Waals surface area contributed by atoms with E-state index in [2.05, 4.69) is 5.32 Å². The quantitative estimate of drug-likeness (QED) is 0.612. The van der Waals surface area contributed by atoms with Gasteiger partial charge in [0.15, 0.2) is 0 Å². The lowest BCUT2D eigenvalue weighted by atomic mass is 10.1. The number of carbonyl (C=O) groups excluding carboxylic acids is 2. The Morgan fingerprint density at radius 1 is 1.10 bits per heavy atom. The number of rotatable bonds is 7. The van der Waals surface area contributed by atoms with Crippen molar-refractivity contribution >= 4 is 28.8 Å². The van der Waals surface area contributed by atoms with Gasteiger partial charge in [-0.3, -0.25) is 9.59 Å². The van der Waals surface area contributed by atoms with E-state index in [1.165, 1.54) is 11.3 Å². The van der Waals surface area contributed by atoms with Crippen LogP contribution in [0.4, 0.5) is 5.69 Å². The van der Waals surface area contributed by atoms with E-state index >= 15 is 0 Å². The lowest BCUT2D eigenvalue weighted by Crippen LogP contribution is -2.32. The number of amides is 2. The van der Waals surface area contributed by atoms with E-state index < -0.39 is 0 Å². The number of ether oxygens (including phenoxy) is 1. The van der Waals surface area contributed by atoms with Crippen molar-refractivity contribution < 1.29 is 14.3 Å². The molecule has 1 N–H and O–H groups in total. The number of hydrogen-bond donors (Lipinski definition) is 1. The van der Waals surface area contributed by atoms with E-state index in [0.29, 0.717) is 22.7 Å². The van der Waals surface area contributed by atoms with Gasteiger partial charge in [0.25, 0.3) is 11.8 Å². The first kappa shape index (κ1) is 19.2. The highest BCUT2D eigenvalue weighted by Gasteiger charge is 2.33. The molecule has 1 aliphatic carbocycles. The number of hydrogen-bond acceptors (Lipinski definition) is 4. The van der Waals surface area contributed by atoms with Gasteiger partial charge in [-0.15, -0.1) is 11.3 Å². The summed E-state index contributed by atoms with van der Waals surface area (Å²) >= 11 is 1.39. The molecule has 148 valence electrons. The Morgan fingerprint density at radius 2 is 1.90 bits per heavy atom. The van der Waals surface area contributed by atoms with Crippen LogP contribution in [-0.4, -0.2) is 29.9 Å². The van der Waals surface area contributed by atoms with E-state index in [0.717, 1.165) is 24.2 Å². The average molecular weight is 407 g/mol. The van der Waals surface area contributed by atoms with E-state index in [9.17, 15) is 9.59 Å². The molecule has 0 radical (unpaired) electrons. The zero-order valence-corrected chi connectivity index (χ0v) is 16.9. The maximum Gasteiger partial charge on any atom is 0.265 e. The topological polar surface area (TPSA) is 58.6 Å². The van der Waals surface area contributed by atoms with E-state index in [-0.39, 0.29) is 17.9 Å². The predicted octanol–water partition coefficient (Wildman–Crippen LogP) is 4.81. The van der Waals surface area contributed by atoms with E-state index in [4.69, 9.17) is 4.74 Å². The SMILES string of the molecule is COc1ccc(CN(C(=O)c2cccc(NC(=O)c3cccs3)c2)C2CC2)cc1. The molecule has 1 saturated carbocycles. The van der Waals surface area contributed by atoms with Crippen molar-refractivity contribution in [1.29, 1.82) is 0 Å². The first-order valence-corrected chi connectivity index (χ1v) is 10.4. The minimum Gasteiger partial charge on any atom is -0.497 e. The molecule has 1 heterocycles. The summed E-state index contributed by atoms with van der Waals surface area (Å²) in [5.41, 5.74) is 2.26. The Hall–Kier alpha value is -3.12. The Bertz CT molecular complexity index is 995. The van der Waals surface area contributed by atoms with Crippen LogP contribution in [0.15, 0.2) is 66.0 Å². The molecule has 2 amide bonds. The molecular weight excluding hydrogens is 384 g/mol. The number of benzene rings is 2. The third kappa shape index (κ3) is 4.66. The molecule has 3 aromatic rings. The number of nitrogens with zero attached hydrogens (tertiary/aromatic N) is 1. The maximum absolute atomic E-state index is 13.2. The molecule has 5 nitrogen and oxygen atoms in total. The van der Waals surface area contributed by atoms with Crippen LogP contribution in [0.25, 0.3) is 0 Å². The van der Waals surface area contributed by atoms with Gasteiger partial charge < -0.3 is 15.0 Å². The lowest BCUT2D eigenvalue weighted by molar-refractivity contribution is 0.0729. The average Bonchev–Trinajstić information content (AvgIpc) is 3.44. The molecule has 1 aliphatic rings. The van der Waals surface area contributed by atoms with Crippen molar-refractivity contribution in [2.24, 2.45) is 0 Å². The van der Waals surface area contributed by atoms with Gasteiger partial charge in [-0.1, -0.05) is 24.3 Å². The largest absolute Gasteiger partial charge is 0.497 e. The fourth-order valence-electron chi connectivity index (χ4n) is 3.18. The third-order valence-electron chi connectivity index (χ3n) is 4.87. The van der Waals surface area contributed by atoms with Gasteiger partial charge in [0.2, 0.25) is 0 Å². The van der Waals surface area contributed by atoms with Crippen molar-refractivity contribution in [2.75, 3.05) is 12.4 Å². The molecule has 0 bridgehead atoms. The van der Waals surface area contributed by atoms with Gasteiger partial charge >= 0.3 is 0 Å². The molecule has 0 spiro atoms. The maximum atomic E-state index is 13.2. The first-order chi connectivity index (χ1) is 14.1. The third-order valence-corrected chi connectivity index (χ3v) is 5.74. The minimum atomic E-state index is -0.165. The molecule has 4 rings (SSSR count). The molecule has 1 aromatic heterocycles. The Balaban J connectivity index is 1.49. The molecule has 1 fully saturated rings. The van der Waals surface area contributed by atoms with E-state index in [1.54, 1.807) is 37.4 Å². The summed E-state index contributed by atoms with van der Waals surface area (Å²) in [6.45, 7) is 0.555. The molecular formula is C23H22N2O3S. The zero-order chi connectivity index (χ0) is 20.2. The summed E-state index contributed by atoms with van der Waals surface area (Å²) in [5.74, 6) is 0.615. The van der Waals surface area contributed by atoms with Gasteiger partial charge in [-0.25, -0.2) is 0 Å². The van der Waals surface area contributed by atoms with Gasteiger partial charge in [0.1, 0.15) is 5.75 Å². The van der Waals surface area contributed by atoms with Crippen LogP contribution < -0.4 is 10.1 Å². The van der Waals surface area contributed by atoms with Crippen LogP contribution >= 0.6 is 11.3 Å². The summed E-state index contributed by atoms with van der Waals surface area (Å²) in [5, 5.41) is 4.74. The van der Waals surface area contributed by atoms with Crippen LogP contribution in [0, 0.1) is 0 Å². The second-order valence-corrected chi connectivity index (χ2v) is 7.97. The molecule has 0 saturated heterocycles. The summed E-state index contributed by atoms with van der Waals surface area (Å²) < 4.78 is 5.21.